The van der Waals surface area contributed by atoms with E-state index in [2.05, 4.69) is 24.9 Å². The van der Waals surface area contributed by atoms with Crippen LogP contribution in [0.3, 0.4) is 0 Å². The van der Waals surface area contributed by atoms with Gasteiger partial charge >= 0.3 is 0 Å². The lowest BCUT2D eigenvalue weighted by molar-refractivity contribution is 0.0728. The van der Waals surface area contributed by atoms with Crippen molar-refractivity contribution in [1.82, 2.24) is 24.9 Å². The van der Waals surface area contributed by atoms with Crippen LogP contribution in [0.1, 0.15) is 25.8 Å². The van der Waals surface area contributed by atoms with Crippen molar-refractivity contribution >= 4 is 15.8 Å². The Bertz CT molecular complexity index is 1110. The second-order valence-corrected chi connectivity index (χ2v) is 9.18. The van der Waals surface area contributed by atoms with E-state index in [0.29, 0.717) is 28.9 Å². The second kappa shape index (κ2) is 7.90. The van der Waals surface area contributed by atoms with Crippen LogP contribution in [0.5, 0.6) is 0 Å². The van der Waals surface area contributed by atoms with Crippen LogP contribution in [-0.2, 0) is 10.0 Å². The van der Waals surface area contributed by atoms with Crippen molar-refractivity contribution in [2.24, 2.45) is 0 Å². The maximum atomic E-state index is 12.7. The Hall–Kier alpha value is -2.82. The van der Waals surface area contributed by atoms with Gasteiger partial charge in [-0.05, 0) is 44.9 Å². The van der Waals surface area contributed by atoms with E-state index in [4.69, 9.17) is 5.73 Å². The number of nitrogen functional groups attached to an aromatic ring is 1. The predicted octanol–water partition coefficient (Wildman–Crippen LogP) is 1.86. The molecule has 1 aromatic carbocycles. The van der Waals surface area contributed by atoms with Crippen LogP contribution in [0.15, 0.2) is 41.7 Å². The smallest absolute Gasteiger partial charge is 0.240 e. The lowest BCUT2D eigenvalue weighted by Crippen LogP contribution is -2.30. The molecule has 29 heavy (non-hydrogen) atoms. The highest BCUT2D eigenvalue weighted by atomic mass is 32.2. The molecular formula is C19H24N6O3S. The third kappa shape index (κ3) is 4.97. The molecule has 0 amide bonds. The van der Waals surface area contributed by atoms with Crippen LogP contribution in [-0.4, -0.2) is 45.8 Å². The number of benzene rings is 1. The largest absolute Gasteiger partial charge is 0.390 e. The van der Waals surface area contributed by atoms with E-state index in [0.717, 1.165) is 5.56 Å². The van der Waals surface area contributed by atoms with E-state index in [1.165, 1.54) is 12.3 Å². The summed E-state index contributed by atoms with van der Waals surface area (Å²) in [5.74, 6) is 0.255. The van der Waals surface area contributed by atoms with Crippen molar-refractivity contribution in [3.8, 4) is 22.5 Å². The van der Waals surface area contributed by atoms with Crippen molar-refractivity contribution in [1.29, 1.82) is 0 Å². The van der Waals surface area contributed by atoms with Crippen molar-refractivity contribution in [3.05, 3.63) is 42.4 Å². The van der Waals surface area contributed by atoms with Gasteiger partial charge in [-0.25, -0.2) is 23.1 Å². The number of aliphatic hydroxyl groups is 1. The van der Waals surface area contributed by atoms with Gasteiger partial charge in [0.2, 0.25) is 10.0 Å². The Balaban J connectivity index is 1.95. The molecule has 0 aliphatic rings. The number of nitrogens with one attached hydrogen (secondary N) is 2. The molecule has 154 valence electrons. The zero-order chi connectivity index (χ0) is 21.2. The molecular weight excluding hydrogens is 392 g/mol. The molecule has 2 aromatic heterocycles. The van der Waals surface area contributed by atoms with Crippen LogP contribution in [0, 0.1) is 6.92 Å². The van der Waals surface area contributed by atoms with Crippen LogP contribution >= 0.6 is 0 Å². The molecule has 0 saturated carbocycles. The molecule has 0 bridgehead atoms. The highest BCUT2D eigenvalue weighted by Gasteiger charge is 2.19. The number of anilines is 1. The van der Waals surface area contributed by atoms with E-state index < -0.39 is 15.6 Å². The summed E-state index contributed by atoms with van der Waals surface area (Å²) in [6, 6.07) is 4.81. The molecule has 0 fully saturated rings. The molecule has 0 radical (unpaired) electrons. The van der Waals surface area contributed by atoms with Gasteiger partial charge in [-0.15, -0.1) is 0 Å². The monoisotopic (exact) mass is 416 g/mol. The standard InChI is InChI=1S/C19H24N6O3S/c1-12-4-5-14(29(27,28)24-7-6-19(2,3)26)8-15(12)16-11-21-18(20)17(25-16)13-9-22-23-10-13/h4-5,8-11,24,26H,6-7H2,1-3H3,(H2,20,21)(H,22,23). The molecule has 3 rings (SSSR count). The lowest BCUT2D eigenvalue weighted by Gasteiger charge is -2.17. The van der Waals surface area contributed by atoms with E-state index >= 15 is 0 Å². The van der Waals surface area contributed by atoms with Crippen LogP contribution in [0.25, 0.3) is 22.5 Å². The minimum atomic E-state index is -3.74. The molecule has 0 aliphatic heterocycles. The number of hydrogen-bond donors (Lipinski definition) is 4. The topological polar surface area (TPSA) is 147 Å². The first-order valence-electron chi connectivity index (χ1n) is 9.01. The molecule has 9 nitrogen and oxygen atoms in total. The number of sulfonamides is 1. The van der Waals surface area contributed by atoms with Gasteiger partial charge in [-0.2, -0.15) is 5.10 Å². The molecule has 0 unspecified atom stereocenters. The normalized spacial score (nSPS) is 12.3. The van der Waals surface area contributed by atoms with Gasteiger partial charge in [0.05, 0.1) is 28.6 Å². The molecule has 3 aromatic rings. The Morgan fingerprint density at radius 3 is 2.69 bits per heavy atom. The third-order valence-corrected chi connectivity index (χ3v) is 5.86. The Morgan fingerprint density at radius 1 is 1.28 bits per heavy atom. The fourth-order valence-corrected chi connectivity index (χ4v) is 3.80. The highest BCUT2D eigenvalue weighted by molar-refractivity contribution is 7.89. The van der Waals surface area contributed by atoms with Gasteiger partial charge in [-0.1, -0.05) is 6.07 Å². The number of nitrogens with two attached hydrogens (primary N) is 1. The first-order valence-corrected chi connectivity index (χ1v) is 10.5. The van der Waals surface area contributed by atoms with Gasteiger partial charge in [0.1, 0.15) is 11.5 Å². The lowest BCUT2D eigenvalue weighted by atomic mass is 10.1. The maximum absolute atomic E-state index is 12.7. The van der Waals surface area contributed by atoms with Gasteiger partial charge in [0.25, 0.3) is 0 Å². The molecule has 10 heteroatoms. The van der Waals surface area contributed by atoms with E-state index in [1.54, 1.807) is 38.4 Å². The summed E-state index contributed by atoms with van der Waals surface area (Å²) in [5, 5.41) is 16.4. The number of hydrogen-bond acceptors (Lipinski definition) is 7. The Kier molecular flexibility index (Phi) is 5.69. The average Bonchev–Trinajstić information content (AvgIpc) is 3.15. The zero-order valence-electron chi connectivity index (χ0n) is 16.5. The van der Waals surface area contributed by atoms with E-state index in [1.807, 2.05) is 6.92 Å². The molecule has 0 spiro atoms. The number of nitrogens with zero attached hydrogens (tertiary/aromatic N) is 3. The van der Waals surface area contributed by atoms with Crippen LogP contribution in [0.2, 0.25) is 0 Å². The van der Waals surface area contributed by atoms with Crippen molar-refractivity contribution < 1.29 is 13.5 Å². The number of aromatic nitrogens is 4. The second-order valence-electron chi connectivity index (χ2n) is 7.41. The number of aromatic amines is 1. The summed E-state index contributed by atoms with van der Waals surface area (Å²) >= 11 is 0. The summed E-state index contributed by atoms with van der Waals surface area (Å²) in [4.78, 5) is 8.88. The van der Waals surface area contributed by atoms with Crippen LogP contribution in [0.4, 0.5) is 5.82 Å². The Labute approximate surface area is 169 Å². The summed E-state index contributed by atoms with van der Waals surface area (Å²) in [7, 11) is -3.74. The SMILES string of the molecule is Cc1ccc(S(=O)(=O)NCCC(C)(C)O)cc1-c1cnc(N)c(-c2cn[nH]c2)n1. The maximum Gasteiger partial charge on any atom is 0.240 e. The minimum absolute atomic E-state index is 0.109. The minimum Gasteiger partial charge on any atom is -0.390 e. The first-order chi connectivity index (χ1) is 13.6. The summed E-state index contributed by atoms with van der Waals surface area (Å²) in [6.07, 6.45) is 5.05. The summed E-state index contributed by atoms with van der Waals surface area (Å²) in [6.45, 7) is 5.25. The highest BCUT2D eigenvalue weighted by Crippen LogP contribution is 2.28. The Morgan fingerprint density at radius 2 is 2.03 bits per heavy atom. The predicted molar refractivity (Wildman–Crippen MR) is 110 cm³/mol. The zero-order valence-corrected chi connectivity index (χ0v) is 17.3. The van der Waals surface area contributed by atoms with E-state index in [-0.39, 0.29) is 17.3 Å². The number of aryl methyl sites for hydroxylation is 1. The molecule has 0 atom stereocenters. The molecule has 5 N–H and O–H groups in total. The van der Waals surface area contributed by atoms with Crippen LogP contribution < -0.4 is 10.5 Å². The fourth-order valence-electron chi connectivity index (χ4n) is 2.74. The van der Waals surface area contributed by atoms with E-state index in [9.17, 15) is 13.5 Å². The summed E-state index contributed by atoms with van der Waals surface area (Å²) in [5.41, 5.74) is 8.12. The first kappa shape index (κ1) is 20.9. The number of H-pyrrole nitrogens is 1. The fraction of sp³-hybridized carbons (Fsp3) is 0.316. The van der Waals surface area contributed by atoms with Gasteiger partial charge in [-0.3, -0.25) is 5.10 Å². The van der Waals surface area contributed by atoms with Crippen molar-refractivity contribution in [3.63, 3.8) is 0 Å². The van der Waals surface area contributed by atoms with Gasteiger partial charge in [0, 0.05) is 23.9 Å². The van der Waals surface area contributed by atoms with Crippen molar-refractivity contribution in [2.45, 2.75) is 37.7 Å². The molecule has 2 heterocycles. The molecule has 0 aliphatic carbocycles. The van der Waals surface area contributed by atoms with Crippen molar-refractivity contribution in [2.75, 3.05) is 12.3 Å². The third-order valence-electron chi connectivity index (χ3n) is 4.40. The van der Waals surface area contributed by atoms with Gasteiger partial charge < -0.3 is 10.8 Å². The summed E-state index contributed by atoms with van der Waals surface area (Å²) < 4.78 is 27.8. The quantitative estimate of drug-likeness (QED) is 0.459. The van der Waals surface area contributed by atoms with Gasteiger partial charge in [0.15, 0.2) is 0 Å². The molecule has 0 saturated heterocycles. The number of rotatable bonds is 7. The average molecular weight is 417 g/mol.